The van der Waals surface area contributed by atoms with Crippen molar-refractivity contribution in [3.8, 4) is 22.6 Å². The van der Waals surface area contributed by atoms with E-state index in [0.717, 1.165) is 12.1 Å². The van der Waals surface area contributed by atoms with E-state index in [2.05, 4.69) is 10.2 Å². The van der Waals surface area contributed by atoms with E-state index in [1.165, 1.54) is 16.7 Å². The van der Waals surface area contributed by atoms with Gasteiger partial charge in [0.1, 0.15) is 18.1 Å². The molecule has 146 valence electrons. The minimum absolute atomic E-state index is 0.0789. The number of nitrogens with zero attached hydrogens (tertiary/aromatic N) is 2. The van der Waals surface area contributed by atoms with Gasteiger partial charge in [-0.15, -0.1) is 0 Å². The number of hydrogen-bond acceptors (Lipinski definition) is 4. The van der Waals surface area contributed by atoms with Crippen LogP contribution in [-0.4, -0.2) is 14.8 Å². The van der Waals surface area contributed by atoms with E-state index in [4.69, 9.17) is 21.1 Å². The Hall–Kier alpha value is -2.94. The van der Waals surface area contributed by atoms with Gasteiger partial charge < -0.3 is 9.47 Å². The van der Waals surface area contributed by atoms with Gasteiger partial charge in [-0.05, 0) is 42.8 Å². The molecule has 28 heavy (non-hydrogen) atoms. The molecule has 0 aliphatic carbocycles. The molecular formula is C18H13ClF3N3O3. The molecule has 0 spiro atoms. The van der Waals surface area contributed by atoms with Gasteiger partial charge in [0, 0.05) is 16.1 Å². The highest BCUT2D eigenvalue weighted by molar-refractivity contribution is 6.31. The molecule has 2 aromatic carbocycles. The minimum Gasteiger partial charge on any atom is -0.485 e. The van der Waals surface area contributed by atoms with Crippen molar-refractivity contribution in [1.29, 1.82) is 0 Å². The van der Waals surface area contributed by atoms with E-state index in [9.17, 15) is 18.0 Å². The number of halogens is 4. The zero-order valence-electron chi connectivity index (χ0n) is 14.4. The topological polar surface area (TPSA) is 69.1 Å². The highest BCUT2D eigenvalue weighted by Crippen LogP contribution is 2.43. The molecule has 4 rings (SSSR count). The zero-order valence-corrected chi connectivity index (χ0v) is 15.2. The van der Waals surface area contributed by atoms with Crippen molar-refractivity contribution in [2.45, 2.75) is 26.4 Å². The summed E-state index contributed by atoms with van der Waals surface area (Å²) in [6.45, 7) is 1.44. The fourth-order valence-electron chi connectivity index (χ4n) is 2.90. The van der Waals surface area contributed by atoms with Crippen molar-refractivity contribution in [2.24, 2.45) is 0 Å². The van der Waals surface area contributed by atoms with Crippen LogP contribution < -0.4 is 15.2 Å². The zero-order chi connectivity index (χ0) is 20.1. The van der Waals surface area contributed by atoms with Crippen molar-refractivity contribution >= 4 is 11.6 Å². The summed E-state index contributed by atoms with van der Waals surface area (Å²) in [6, 6.07) is 6.26. The van der Waals surface area contributed by atoms with Gasteiger partial charge >= 0.3 is 11.9 Å². The average molecular weight is 412 g/mol. The van der Waals surface area contributed by atoms with E-state index >= 15 is 0 Å². The minimum atomic E-state index is -4.53. The second-order valence-corrected chi connectivity index (χ2v) is 6.65. The highest BCUT2D eigenvalue weighted by atomic mass is 35.5. The van der Waals surface area contributed by atoms with Gasteiger partial charge in [-0.25, -0.2) is 14.5 Å². The van der Waals surface area contributed by atoms with E-state index < -0.39 is 17.4 Å². The summed E-state index contributed by atoms with van der Waals surface area (Å²) in [4.78, 5) is 11.9. The second-order valence-electron chi connectivity index (χ2n) is 6.24. The summed E-state index contributed by atoms with van der Waals surface area (Å²) in [7, 11) is 0. The van der Waals surface area contributed by atoms with E-state index in [0.29, 0.717) is 27.7 Å². The van der Waals surface area contributed by atoms with Crippen LogP contribution in [0.5, 0.6) is 11.5 Å². The Morgan fingerprint density at radius 3 is 2.64 bits per heavy atom. The summed E-state index contributed by atoms with van der Waals surface area (Å²) in [5, 5.41) is 6.57. The summed E-state index contributed by atoms with van der Waals surface area (Å²) in [5.41, 5.74) is -0.156. The number of rotatable bonds is 0. The maximum absolute atomic E-state index is 13.3. The first-order valence-electron chi connectivity index (χ1n) is 8.15. The first kappa shape index (κ1) is 18.4. The van der Waals surface area contributed by atoms with E-state index in [1.807, 2.05) is 0 Å². The molecule has 1 N–H and O–H groups in total. The second kappa shape index (κ2) is 6.59. The maximum atomic E-state index is 13.3. The van der Waals surface area contributed by atoms with Crippen LogP contribution >= 0.6 is 11.6 Å². The molecule has 3 aromatic rings. The first-order valence-corrected chi connectivity index (χ1v) is 8.53. The molecule has 0 atom stereocenters. The van der Waals surface area contributed by atoms with Crippen LogP contribution in [0, 0.1) is 6.92 Å². The summed E-state index contributed by atoms with van der Waals surface area (Å²) in [5.74, 6) is 0.743. The molecule has 10 heteroatoms. The van der Waals surface area contributed by atoms with Gasteiger partial charge in [0.2, 0.25) is 0 Å². The van der Waals surface area contributed by atoms with E-state index in [-0.39, 0.29) is 24.7 Å². The highest BCUT2D eigenvalue weighted by Gasteiger charge is 2.32. The number of H-pyrrole nitrogens is 1. The number of hydrogen-bond donors (Lipinski definition) is 1. The first-order chi connectivity index (χ1) is 13.2. The molecule has 0 amide bonds. The number of fused-ring (bicyclic) bond motifs is 4. The van der Waals surface area contributed by atoms with Gasteiger partial charge in [0.15, 0.2) is 12.6 Å². The van der Waals surface area contributed by atoms with Crippen LogP contribution in [0.2, 0.25) is 5.02 Å². The van der Waals surface area contributed by atoms with Crippen LogP contribution in [-0.2, 0) is 19.5 Å². The predicted molar refractivity (Wildman–Crippen MR) is 94.4 cm³/mol. The van der Waals surface area contributed by atoms with Crippen molar-refractivity contribution in [2.75, 3.05) is 0 Å². The normalized spacial score (nSPS) is 13.6. The number of aromatic amines is 1. The van der Waals surface area contributed by atoms with Crippen LogP contribution in [0.4, 0.5) is 13.2 Å². The smallest absolute Gasteiger partial charge is 0.416 e. The number of alkyl halides is 3. The molecule has 0 saturated carbocycles. The quantitative estimate of drug-likeness (QED) is 0.603. The number of ether oxygens (including phenoxy) is 2. The van der Waals surface area contributed by atoms with Gasteiger partial charge in [-0.3, -0.25) is 0 Å². The van der Waals surface area contributed by atoms with E-state index in [1.54, 1.807) is 13.0 Å². The Morgan fingerprint density at radius 2 is 1.89 bits per heavy atom. The third-order valence-corrected chi connectivity index (χ3v) is 4.81. The Morgan fingerprint density at radius 1 is 1.14 bits per heavy atom. The number of benzene rings is 2. The molecule has 2 heterocycles. The van der Waals surface area contributed by atoms with Crippen molar-refractivity contribution in [1.82, 2.24) is 14.8 Å². The molecule has 1 aliphatic rings. The van der Waals surface area contributed by atoms with Crippen LogP contribution in [0.25, 0.3) is 11.1 Å². The Labute approximate surface area is 161 Å². The molecule has 0 saturated heterocycles. The number of aromatic nitrogens is 3. The standard InChI is InChI=1S/C18H13ClF3N3O3/c1-9-4-15-12(6-13(9)19)11-5-10(18(20,21)22)2-3-14(11)28-8-25-16(7-27-15)23-24-17(25)26/h2-6H,7-8H2,1H3,(H,24,26). The van der Waals surface area contributed by atoms with Gasteiger partial charge in [-0.1, -0.05) is 11.6 Å². The van der Waals surface area contributed by atoms with Crippen molar-refractivity contribution in [3.05, 3.63) is 62.8 Å². The Kier molecular flexibility index (Phi) is 4.34. The van der Waals surface area contributed by atoms with Crippen LogP contribution in [0.1, 0.15) is 17.0 Å². The molecule has 0 bridgehead atoms. The van der Waals surface area contributed by atoms with Gasteiger partial charge in [0.25, 0.3) is 0 Å². The molecule has 0 radical (unpaired) electrons. The lowest BCUT2D eigenvalue weighted by atomic mass is 9.99. The Bertz CT molecular complexity index is 1120. The fourth-order valence-corrected chi connectivity index (χ4v) is 3.06. The molecule has 0 unspecified atom stereocenters. The summed E-state index contributed by atoms with van der Waals surface area (Å²) < 4.78 is 52.4. The molecule has 1 aliphatic heterocycles. The monoisotopic (exact) mass is 411 g/mol. The lowest BCUT2D eigenvalue weighted by Crippen LogP contribution is -2.23. The fraction of sp³-hybridized carbons (Fsp3) is 0.222. The molecule has 6 nitrogen and oxygen atoms in total. The Balaban J connectivity index is 1.95. The van der Waals surface area contributed by atoms with Crippen LogP contribution in [0.15, 0.2) is 35.1 Å². The molecule has 0 fully saturated rings. The lowest BCUT2D eigenvalue weighted by Gasteiger charge is -2.20. The average Bonchev–Trinajstić information content (AvgIpc) is 2.99. The van der Waals surface area contributed by atoms with Gasteiger partial charge in [0.05, 0.1) is 5.56 Å². The molecular weight excluding hydrogens is 399 g/mol. The van der Waals surface area contributed by atoms with Gasteiger partial charge in [-0.2, -0.15) is 18.3 Å². The maximum Gasteiger partial charge on any atom is 0.416 e. The van der Waals surface area contributed by atoms with Crippen molar-refractivity contribution < 1.29 is 22.6 Å². The lowest BCUT2D eigenvalue weighted by molar-refractivity contribution is -0.137. The summed E-state index contributed by atoms with van der Waals surface area (Å²) >= 11 is 6.21. The largest absolute Gasteiger partial charge is 0.485 e. The SMILES string of the molecule is Cc1cc2c(cc1Cl)-c1cc(C(F)(F)F)ccc1OCn1c(n[nH]c1=O)CO2. The third kappa shape index (κ3) is 3.22. The van der Waals surface area contributed by atoms with Crippen molar-refractivity contribution in [3.63, 3.8) is 0 Å². The number of nitrogens with one attached hydrogen (secondary N) is 1. The predicted octanol–water partition coefficient (Wildman–Crippen LogP) is 4.15. The molecule has 1 aromatic heterocycles. The number of aryl methyl sites for hydroxylation is 1. The summed E-state index contributed by atoms with van der Waals surface area (Å²) in [6.07, 6.45) is -4.53. The third-order valence-electron chi connectivity index (χ3n) is 4.40. The van der Waals surface area contributed by atoms with Crippen LogP contribution in [0.3, 0.4) is 0 Å².